The molecule has 0 aliphatic rings. The van der Waals surface area contributed by atoms with Gasteiger partial charge in [0.1, 0.15) is 5.75 Å². The number of benzene rings is 1. The number of alkyl halides is 3. The van der Waals surface area contributed by atoms with Gasteiger partial charge in [0.25, 0.3) is 0 Å². The maximum atomic E-state index is 12.1. The van der Waals surface area contributed by atoms with E-state index in [1.54, 1.807) is 0 Å². The van der Waals surface area contributed by atoms with Gasteiger partial charge in [-0.3, -0.25) is 4.79 Å². The van der Waals surface area contributed by atoms with Crippen LogP contribution in [-0.2, 0) is 4.79 Å². The summed E-state index contributed by atoms with van der Waals surface area (Å²) in [5.74, 6) is -0.356. The van der Waals surface area contributed by atoms with Gasteiger partial charge < -0.3 is 20.7 Å². The number of ether oxygens (including phenoxy) is 1. The molecule has 1 aromatic rings. The van der Waals surface area contributed by atoms with Gasteiger partial charge in [0.15, 0.2) is 6.61 Å². The van der Waals surface area contributed by atoms with Crippen molar-refractivity contribution in [3.05, 3.63) is 24.3 Å². The zero-order chi connectivity index (χ0) is 17.3. The van der Waals surface area contributed by atoms with Gasteiger partial charge in [0.05, 0.1) is 6.54 Å². The summed E-state index contributed by atoms with van der Waals surface area (Å²) in [7, 11) is 0. The number of halogens is 3. The van der Waals surface area contributed by atoms with Crippen LogP contribution in [0.25, 0.3) is 0 Å². The molecule has 6 nitrogen and oxygen atoms in total. The molecular weight excluding hydrogens is 315 g/mol. The fourth-order valence-electron chi connectivity index (χ4n) is 1.49. The number of anilines is 1. The molecule has 0 spiro atoms. The van der Waals surface area contributed by atoms with E-state index in [0.717, 1.165) is 6.42 Å². The monoisotopic (exact) mass is 333 g/mol. The molecule has 0 aliphatic carbocycles. The Kier molecular flexibility index (Phi) is 7.17. The molecule has 1 aromatic carbocycles. The average Bonchev–Trinajstić information content (AvgIpc) is 2.48. The van der Waals surface area contributed by atoms with E-state index in [-0.39, 0.29) is 23.9 Å². The third-order valence-corrected chi connectivity index (χ3v) is 2.48. The van der Waals surface area contributed by atoms with Crippen LogP contribution in [0.3, 0.4) is 0 Å². The highest BCUT2D eigenvalue weighted by Gasteiger charge is 2.28. The molecule has 0 fully saturated rings. The van der Waals surface area contributed by atoms with Crippen molar-refractivity contribution in [2.75, 3.05) is 25.0 Å². The summed E-state index contributed by atoms with van der Waals surface area (Å²) in [5, 5.41) is 7.32. The van der Waals surface area contributed by atoms with Crippen molar-refractivity contribution in [3.63, 3.8) is 0 Å². The van der Waals surface area contributed by atoms with Crippen LogP contribution < -0.4 is 20.7 Å². The van der Waals surface area contributed by atoms with E-state index in [9.17, 15) is 22.8 Å². The molecule has 3 amide bonds. The quantitative estimate of drug-likeness (QED) is 0.716. The minimum absolute atomic E-state index is 0.0270. The molecule has 0 saturated heterocycles. The number of carbonyl (C=O) groups is 2. The van der Waals surface area contributed by atoms with E-state index in [1.165, 1.54) is 24.3 Å². The van der Waals surface area contributed by atoms with Crippen molar-refractivity contribution in [3.8, 4) is 5.75 Å². The first-order valence-electron chi connectivity index (χ1n) is 6.91. The molecule has 0 atom stereocenters. The highest BCUT2D eigenvalue weighted by atomic mass is 19.4. The Morgan fingerprint density at radius 1 is 1.22 bits per heavy atom. The standard InChI is InChI=1S/C14H18F3N3O3/c1-2-6-18-12(21)8-19-13(22)20-10-4-3-5-11(7-10)23-9-14(15,16)17/h3-5,7H,2,6,8-9H2,1H3,(H,18,21)(H2,19,20,22). The van der Waals surface area contributed by atoms with E-state index in [0.29, 0.717) is 6.54 Å². The second kappa shape index (κ2) is 8.86. The van der Waals surface area contributed by atoms with Gasteiger partial charge in [-0.15, -0.1) is 0 Å². The lowest BCUT2D eigenvalue weighted by molar-refractivity contribution is -0.153. The minimum Gasteiger partial charge on any atom is -0.484 e. The van der Waals surface area contributed by atoms with Crippen LogP contribution in [0.15, 0.2) is 24.3 Å². The Bertz CT molecular complexity index is 535. The Balaban J connectivity index is 2.44. The van der Waals surface area contributed by atoms with Crippen molar-refractivity contribution in [2.24, 2.45) is 0 Å². The van der Waals surface area contributed by atoms with Gasteiger partial charge in [-0.05, 0) is 18.6 Å². The van der Waals surface area contributed by atoms with Gasteiger partial charge in [-0.2, -0.15) is 13.2 Å². The number of hydrogen-bond acceptors (Lipinski definition) is 3. The first kappa shape index (κ1) is 18.6. The molecular formula is C14H18F3N3O3. The Labute approximate surface area is 131 Å². The predicted octanol–water partition coefficient (Wildman–Crippen LogP) is 2.28. The largest absolute Gasteiger partial charge is 0.484 e. The summed E-state index contributed by atoms with van der Waals surface area (Å²) in [4.78, 5) is 22.9. The number of nitrogens with one attached hydrogen (secondary N) is 3. The summed E-state index contributed by atoms with van der Waals surface area (Å²) in [6.07, 6.45) is -3.66. The van der Waals surface area contributed by atoms with Crippen molar-refractivity contribution >= 4 is 17.6 Å². The van der Waals surface area contributed by atoms with Crippen LogP contribution in [-0.4, -0.2) is 37.8 Å². The van der Waals surface area contributed by atoms with Crippen molar-refractivity contribution in [1.82, 2.24) is 10.6 Å². The molecule has 0 saturated carbocycles. The highest BCUT2D eigenvalue weighted by Crippen LogP contribution is 2.21. The summed E-state index contributed by atoms with van der Waals surface area (Å²) < 4.78 is 40.8. The second-order valence-electron chi connectivity index (χ2n) is 4.59. The summed E-state index contributed by atoms with van der Waals surface area (Å²) in [5.41, 5.74) is 0.246. The van der Waals surface area contributed by atoms with Crippen LogP contribution in [0.4, 0.5) is 23.7 Å². The van der Waals surface area contributed by atoms with Crippen LogP contribution >= 0.6 is 0 Å². The van der Waals surface area contributed by atoms with Crippen LogP contribution in [0, 0.1) is 0 Å². The number of rotatable bonds is 7. The first-order valence-corrected chi connectivity index (χ1v) is 6.91. The predicted molar refractivity (Wildman–Crippen MR) is 78.3 cm³/mol. The number of amides is 3. The molecule has 1 rings (SSSR count). The summed E-state index contributed by atoms with van der Waals surface area (Å²) >= 11 is 0. The Morgan fingerprint density at radius 2 is 1.96 bits per heavy atom. The van der Waals surface area contributed by atoms with Gasteiger partial charge in [0.2, 0.25) is 5.91 Å². The van der Waals surface area contributed by atoms with Gasteiger partial charge in [-0.25, -0.2) is 4.79 Å². The van der Waals surface area contributed by atoms with Gasteiger partial charge in [-0.1, -0.05) is 13.0 Å². The molecule has 23 heavy (non-hydrogen) atoms. The van der Waals surface area contributed by atoms with Crippen molar-refractivity contribution in [2.45, 2.75) is 19.5 Å². The second-order valence-corrected chi connectivity index (χ2v) is 4.59. The first-order chi connectivity index (χ1) is 10.8. The number of carbonyl (C=O) groups excluding carboxylic acids is 2. The number of urea groups is 1. The molecule has 0 heterocycles. The highest BCUT2D eigenvalue weighted by molar-refractivity contribution is 5.92. The number of hydrogen-bond donors (Lipinski definition) is 3. The smallest absolute Gasteiger partial charge is 0.422 e. The molecule has 128 valence electrons. The lowest BCUT2D eigenvalue weighted by Gasteiger charge is -2.11. The third-order valence-electron chi connectivity index (χ3n) is 2.48. The lowest BCUT2D eigenvalue weighted by atomic mass is 10.3. The summed E-state index contributed by atoms with van der Waals surface area (Å²) in [6, 6.07) is 4.87. The maximum Gasteiger partial charge on any atom is 0.422 e. The van der Waals surface area contributed by atoms with Crippen molar-refractivity contribution in [1.29, 1.82) is 0 Å². The lowest BCUT2D eigenvalue weighted by Crippen LogP contribution is -2.39. The Hall–Kier alpha value is -2.45. The Morgan fingerprint density at radius 3 is 2.61 bits per heavy atom. The molecule has 0 unspecified atom stereocenters. The topological polar surface area (TPSA) is 79.5 Å². The molecule has 0 radical (unpaired) electrons. The maximum absolute atomic E-state index is 12.1. The van der Waals surface area contributed by atoms with Crippen LogP contribution in [0.2, 0.25) is 0 Å². The average molecular weight is 333 g/mol. The van der Waals surface area contributed by atoms with E-state index in [2.05, 4.69) is 20.7 Å². The van der Waals surface area contributed by atoms with Crippen LogP contribution in [0.1, 0.15) is 13.3 Å². The summed E-state index contributed by atoms with van der Waals surface area (Å²) in [6.45, 7) is 0.797. The molecule has 9 heteroatoms. The van der Waals surface area contributed by atoms with E-state index in [1.807, 2.05) is 6.92 Å². The molecule has 0 bridgehead atoms. The van der Waals surface area contributed by atoms with E-state index < -0.39 is 18.8 Å². The van der Waals surface area contributed by atoms with Gasteiger partial charge in [0, 0.05) is 18.3 Å². The zero-order valence-electron chi connectivity index (χ0n) is 12.5. The SMILES string of the molecule is CCCNC(=O)CNC(=O)Nc1cccc(OCC(F)(F)F)c1. The normalized spacial score (nSPS) is 10.8. The van der Waals surface area contributed by atoms with E-state index in [4.69, 9.17) is 0 Å². The molecule has 0 aliphatic heterocycles. The van der Waals surface area contributed by atoms with Crippen LogP contribution in [0.5, 0.6) is 5.75 Å². The fourth-order valence-corrected chi connectivity index (χ4v) is 1.49. The molecule has 3 N–H and O–H groups in total. The minimum atomic E-state index is -4.44. The molecule has 0 aromatic heterocycles. The van der Waals surface area contributed by atoms with Crippen molar-refractivity contribution < 1.29 is 27.5 Å². The van der Waals surface area contributed by atoms with Gasteiger partial charge >= 0.3 is 12.2 Å². The van der Waals surface area contributed by atoms with E-state index >= 15 is 0 Å². The zero-order valence-corrected chi connectivity index (χ0v) is 12.5. The third kappa shape index (κ3) is 8.54. The fraction of sp³-hybridized carbons (Fsp3) is 0.429.